The summed E-state index contributed by atoms with van der Waals surface area (Å²) in [6.45, 7) is 3.13. The van der Waals surface area contributed by atoms with E-state index >= 15 is 0 Å². The molecular formula is C16H25NO2S. The Morgan fingerprint density at radius 2 is 2.00 bits per heavy atom. The van der Waals surface area contributed by atoms with Gasteiger partial charge < -0.3 is 5.32 Å². The Morgan fingerprint density at radius 3 is 2.60 bits per heavy atom. The molecular weight excluding hydrogens is 270 g/mol. The van der Waals surface area contributed by atoms with Crippen LogP contribution < -0.4 is 5.32 Å². The van der Waals surface area contributed by atoms with Crippen LogP contribution in [0.25, 0.3) is 0 Å². The minimum atomic E-state index is -3.13. The van der Waals surface area contributed by atoms with Crippen molar-refractivity contribution >= 4 is 9.84 Å². The monoisotopic (exact) mass is 295 g/mol. The van der Waals surface area contributed by atoms with E-state index in [-0.39, 0.29) is 0 Å². The lowest BCUT2D eigenvalue weighted by Crippen LogP contribution is -2.28. The number of hydrogen-bond acceptors (Lipinski definition) is 3. The highest BCUT2D eigenvalue weighted by Crippen LogP contribution is 2.36. The first-order valence-corrected chi connectivity index (χ1v) is 9.45. The molecule has 0 aliphatic heterocycles. The number of hydrogen-bond donors (Lipinski definition) is 1. The van der Waals surface area contributed by atoms with E-state index in [2.05, 4.69) is 18.3 Å². The highest BCUT2D eigenvalue weighted by Gasteiger charge is 2.26. The lowest BCUT2D eigenvalue weighted by Gasteiger charge is -2.25. The van der Waals surface area contributed by atoms with Crippen molar-refractivity contribution in [3.05, 3.63) is 29.8 Å². The van der Waals surface area contributed by atoms with Crippen LogP contribution in [0.2, 0.25) is 0 Å². The van der Waals surface area contributed by atoms with Crippen molar-refractivity contribution in [1.29, 1.82) is 0 Å². The van der Waals surface area contributed by atoms with E-state index in [9.17, 15) is 8.42 Å². The summed E-state index contributed by atoms with van der Waals surface area (Å²) in [5.74, 6) is 0.636. The predicted octanol–water partition coefficient (Wildman–Crippen LogP) is 3.32. The maximum atomic E-state index is 11.7. The topological polar surface area (TPSA) is 46.2 Å². The van der Waals surface area contributed by atoms with E-state index in [0.717, 1.165) is 18.5 Å². The average molecular weight is 295 g/mol. The zero-order valence-corrected chi connectivity index (χ0v) is 13.2. The van der Waals surface area contributed by atoms with Crippen LogP contribution in [0.4, 0.5) is 0 Å². The molecule has 1 atom stereocenters. The second-order valence-corrected chi connectivity index (χ2v) is 7.84. The van der Waals surface area contributed by atoms with Crippen molar-refractivity contribution in [1.82, 2.24) is 5.32 Å². The first kappa shape index (κ1) is 15.5. The smallest absolute Gasteiger partial charge is 0.175 e. The van der Waals surface area contributed by atoms with Crippen LogP contribution in [-0.2, 0) is 9.84 Å². The molecule has 1 saturated carbocycles. The number of benzene rings is 1. The summed E-state index contributed by atoms with van der Waals surface area (Å²) in [6, 6.07) is 7.74. The standard InChI is InChI=1S/C16H25NO2S/c1-3-11-17-16(13-7-4-5-8-13)14-9-6-10-15(12-14)20(2,18)19/h6,9-10,12-13,16-17H,3-5,7-8,11H2,1-2H3. The van der Waals surface area contributed by atoms with Gasteiger partial charge in [-0.2, -0.15) is 0 Å². The fourth-order valence-electron chi connectivity index (χ4n) is 3.09. The van der Waals surface area contributed by atoms with Crippen LogP contribution in [-0.4, -0.2) is 21.2 Å². The molecule has 0 saturated heterocycles. The second-order valence-electron chi connectivity index (χ2n) is 5.82. The minimum Gasteiger partial charge on any atom is -0.310 e. The van der Waals surface area contributed by atoms with Gasteiger partial charge in [0.25, 0.3) is 0 Å². The molecule has 0 amide bonds. The number of rotatable bonds is 6. The van der Waals surface area contributed by atoms with E-state index in [0.29, 0.717) is 16.9 Å². The van der Waals surface area contributed by atoms with Crippen LogP contribution in [0, 0.1) is 5.92 Å². The van der Waals surface area contributed by atoms with Crippen molar-refractivity contribution in [2.45, 2.75) is 50.0 Å². The maximum absolute atomic E-state index is 11.7. The van der Waals surface area contributed by atoms with Crippen LogP contribution in [0.15, 0.2) is 29.2 Å². The summed E-state index contributed by atoms with van der Waals surface area (Å²) in [4.78, 5) is 0.427. The third-order valence-electron chi connectivity index (χ3n) is 4.13. The van der Waals surface area contributed by atoms with Crippen LogP contribution in [0.5, 0.6) is 0 Å². The fourth-order valence-corrected chi connectivity index (χ4v) is 3.76. The average Bonchev–Trinajstić information content (AvgIpc) is 2.92. The van der Waals surface area contributed by atoms with Gasteiger partial charge in [-0.3, -0.25) is 0 Å². The maximum Gasteiger partial charge on any atom is 0.175 e. The summed E-state index contributed by atoms with van der Waals surface area (Å²) in [5.41, 5.74) is 1.12. The van der Waals surface area contributed by atoms with Crippen molar-refractivity contribution in [2.75, 3.05) is 12.8 Å². The third kappa shape index (κ3) is 3.83. The summed E-state index contributed by atoms with van der Waals surface area (Å²) in [7, 11) is -3.13. The summed E-state index contributed by atoms with van der Waals surface area (Å²) >= 11 is 0. The van der Waals surface area contributed by atoms with E-state index in [4.69, 9.17) is 0 Å². The molecule has 0 heterocycles. The Hall–Kier alpha value is -0.870. The van der Waals surface area contributed by atoms with Gasteiger partial charge in [0.05, 0.1) is 4.90 Å². The van der Waals surface area contributed by atoms with Gasteiger partial charge in [-0.1, -0.05) is 31.9 Å². The molecule has 0 radical (unpaired) electrons. The largest absolute Gasteiger partial charge is 0.310 e. The summed E-state index contributed by atoms with van der Waals surface area (Å²) < 4.78 is 23.4. The van der Waals surface area contributed by atoms with Crippen molar-refractivity contribution in [3.8, 4) is 0 Å². The molecule has 1 aliphatic rings. The van der Waals surface area contributed by atoms with E-state index < -0.39 is 9.84 Å². The molecule has 112 valence electrons. The van der Waals surface area contributed by atoms with Gasteiger partial charge in [-0.05, 0) is 49.4 Å². The molecule has 0 aromatic heterocycles. The van der Waals surface area contributed by atoms with Gasteiger partial charge in [-0.25, -0.2) is 8.42 Å². The first-order valence-electron chi connectivity index (χ1n) is 7.55. The zero-order valence-electron chi connectivity index (χ0n) is 12.4. The van der Waals surface area contributed by atoms with Crippen LogP contribution in [0.1, 0.15) is 50.6 Å². The normalized spacial score (nSPS) is 18.3. The van der Waals surface area contributed by atoms with Crippen molar-refractivity contribution in [3.63, 3.8) is 0 Å². The SMILES string of the molecule is CCCNC(c1cccc(S(C)(=O)=O)c1)C1CCCC1. The fraction of sp³-hybridized carbons (Fsp3) is 0.625. The third-order valence-corrected chi connectivity index (χ3v) is 5.24. The molecule has 0 bridgehead atoms. The Bertz CT molecular complexity index is 533. The minimum absolute atomic E-state index is 0.291. The molecule has 1 unspecified atom stereocenters. The van der Waals surface area contributed by atoms with Gasteiger partial charge in [0.1, 0.15) is 0 Å². The Morgan fingerprint density at radius 1 is 1.30 bits per heavy atom. The van der Waals surface area contributed by atoms with Crippen LogP contribution >= 0.6 is 0 Å². The van der Waals surface area contributed by atoms with Crippen LogP contribution in [0.3, 0.4) is 0 Å². The van der Waals surface area contributed by atoms with Gasteiger partial charge >= 0.3 is 0 Å². The number of sulfone groups is 1. The molecule has 3 nitrogen and oxygen atoms in total. The summed E-state index contributed by atoms with van der Waals surface area (Å²) in [6.07, 6.45) is 7.43. The van der Waals surface area contributed by atoms with E-state index in [1.54, 1.807) is 6.07 Å². The van der Waals surface area contributed by atoms with Gasteiger partial charge in [-0.15, -0.1) is 0 Å². The van der Waals surface area contributed by atoms with Gasteiger partial charge in [0.2, 0.25) is 0 Å². The molecule has 4 heteroatoms. The highest BCUT2D eigenvalue weighted by atomic mass is 32.2. The summed E-state index contributed by atoms with van der Waals surface area (Å²) in [5, 5.41) is 3.61. The molecule has 1 aromatic carbocycles. The highest BCUT2D eigenvalue weighted by molar-refractivity contribution is 7.90. The Kier molecular flexibility index (Phi) is 5.22. The molecule has 1 aliphatic carbocycles. The van der Waals surface area contributed by atoms with Crippen molar-refractivity contribution < 1.29 is 8.42 Å². The van der Waals surface area contributed by atoms with Gasteiger partial charge in [0, 0.05) is 12.3 Å². The van der Waals surface area contributed by atoms with E-state index in [1.165, 1.54) is 31.9 Å². The van der Waals surface area contributed by atoms with Gasteiger partial charge in [0.15, 0.2) is 9.84 Å². The Labute approximate surface area is 122 Å². The van der Waals surface area contributed by atoms with Crippen molar-refractivity contribution in [2.24, 2.45) is 5.92 Å². The lowest BCUT2D eigenvalue weighted by molar-refractivity contribution is 0.368. The molecule has 0 spiro atoms. The predicted molar refractivity (Wildman–Crippen MR) is 82.5 cm³/mol. The zero-order chi connectivity index (χ0) is 14.6. The molecule has 20 heavy (non-hydrogen) atoms. The molecule has 1 aromatic rings. The Balaban J connectivity index is 2.27. The molecule has 1 fully saturated rings. The second kappa shape index (κ2) is 6.72. The lowest BCUT2D eigenvalue weighted by atomic mass is 9.91. The molecule has 2 rings (SSSR count). The number of nitrogens with one attached hydrogen (secondary N) is 1. The quantitative estimate of drug-likeness (QED) is 0.875. The molecule has 1 N–H and O–H groups in total. The van der Waals surface area contributed by atoms with E-state index in [1.807, 2.05) is 12.1 Å². The first-order chi connectivity index (χ1) is 9.52.